The fraction of sp³-hybridized carbons (Fsp3) is 0.280. The summed E-state index contributed by atoms with van der Waals surface area (Å²) in [5, 5.41) is 11.1. The fourth-order valence-corrected chi connectivity index (χ4v) is 2.89. The lowest BCUT2D eigenvalue weighted by molar-refractivity contribution is -0.136. The zero-order chi connectivity index (χ0) is 24.8. The largest absolute Gasteiger partial charge is 0.491 e. The molecular formula is C25H27F2NO6. The Morgan fingerprint density at radius 3 is 2.59 bits per heavy atom. The van der Waals surface area contributed by atoms with Crippen molar-refractivity contribution in [1.29, 1.82) is 0 Å². The second-order valence-electron chi connectivity index (χ2n) is 7.04. The van der Waals surface area contributed by atoms with Gasteiger partial charge < -0.3 is 19.3 Å². The highest BCUT2D eigenvalue weighted by atomic mass is 19.1. The highest BCUT2D eigenvalue weighted by Crippen LogP contribution is 2.27. The Morgan fingerprint density at radius 1 is 1.15 bits per heavy atom. The van der Waals surface area contributed by atoms with Crippen LogP contribution in [-0.4, -0.2) is 37.0 Å². The summed E-state index contributed by atoms with van der Waals surface area (Å²) in [5.74, 6) is -1.63. The van der Waals surface area contributed by atoms with Crippen molar-refractivity contribution in [3.63, 3.8) is 0 Å². The summed E-state index contributed by atoms with van der Waals surface area (Å²) in [4.78, 5) is 23.9. The van der Waals surface area contributed by atoms with Crippen LogP contribution in [0.15, 0.2) is 67.3 Å². The topological polar surface area (TPSA) is 94.1 Å². The van der Waals surface area contributed by atoms with Crippen LogP contribution in [-0.2, 0) is 14.3 Å². The van der Waals surface area contributed by atoms with Gasteiger partial charge in [0.05, 0.1) is 12.3 Å². The Labute approximate surface area is 196 Å². The molecule has 0 aliphatic heterocycles. The Bertz CT molecular complexity index is 978. The van der Waals surface area contributed by atoms with Gasteiger partial charge in [-0.05, 0) is 49.1 Å². The molecule has 2 rings (SSSR count). The molecule has 182 valence electrons. The van der Waals surface area contributed by atoms with E-state index in [0.717, 1.165) is 12.1 Å². The second kappa shape index (κ2) is 14.4. The number of carbonyl (C=O) groups is 2. The number of aliphatic hydroxyl groups is 1. The fourth-order valence-electron chi connectivity index (χ4n) is 2.89. The summed E-state index contributed by atoms with van der Waals surface area (Å²) in [6, 6.07) is 9.56. The average Bonchev–Trinajstić information content (AvgIpc) is 2.82. The van der Waals surface area contributed by atoms with Crippen molar-refractivity contribution in [2.24, 2.45) is 0 Å². The molecule has 1 atom stereocenters. The molecule has 0 fully saturated rings. The van der Waals surface area contributed by atoms with Crippen molar-refractivity contribution in [3.8, 4) is 5.75 Å². The predicted molar refractivity (Wildman–Crippen MR) is 122 cm³/mol. The molecule has 2 N–H and O–H groups in total. The molecule has 0 aliphatic carbocycles. The van der Waals surface area contributed by atoms with Gasteiger partial charge in [0.2, 0.25) is 0 Å². The second-order valence-corrected chi connectivity index (χ2v) is 7.04. The van der Waals surface area contributed by atoms with Gasteiger partial charge in [-0.25, -0.2) is 18.4 Å². The quantitative estimate of drug-likeness (QED) is 0.182. The van der Waals surface area contributed by atoms with E-state index in [1.54, 1.807) is 30.3 Å². The molecule has 2 aromatic rings. The van der Waals surface area contributed by atoms with E-state index in [4.69, 9.17) is 19.3 Å². The summed E-state index contributed by atoms with van der Waals surface area (Å²) in [5.41, 5.74) is 0.458. The van der Waals surface area contributed by atoms with Crippen molar-refractivity contribution in [1.82, 2.24) is 0 Å². The van der Waals surface area contributed by atoms with Gasteiger partial charge >= 0.3 is 12.1 Å². The number of aliphatic hydroxyl groups excluding tert-OH is 1. The number of anilines is 1. The van der Waals surface area contributed by atoms with Crippen LogP contribution >= 0.6 is 0 Å². The third-order valence-electron chi connectivity index (χ3n) is 4.46. The van der Waals surface area contributed by atoms with Crippen molar-refractivity contribution in [3.05, 3.63) is 84.5 Å². The minimum atomic E-state index is -0.924. The highest BCUT2D eigenvalue weighted by Gasteiger charge is 2.18. The molecule has 0 unspecified atom stereocenters. The van der Waals surface area contributed by atoms with E-state index in [9.17, 15) is 18.4 Å². The van der Waals surface area contributed by atoms with E-state index in [-0.39, 0.29) is 25.5 Å². The maximum atomic E-state index is 13.9. The highest BCUT2D eigenvalue weighted by molar-refractivity contribution is 5.85. The van der Waals surface area contributed by atoms with Gasteiger partial charge in [0.15, 0.2) is 0 Å². The average molecular weight is 475 g/mol. The molecule has 2 aromatic carbocycles. The zero-order valence-electron chi connectivity index (χ0n) is 18.5. The number of benzene rings is 2. The predicted octanol–water partition coefficient (Wildman–Crippen LogP) is 5.08. The number of allylic oxidation sites excluding steroid dienone is 1. The van der Waals surface area contributed by atoms with E-state index in [1.807, 2.05) is 0 Å². The summed E-state index contributed by atoms with van der Waals surface area (Å²) >= 11 is 0. The SMILES string of the molecule is C=CCOC(=O)/C=C/CCC[C@@H](OC(=O)Nc1ccc(F)cc1F)c1ccc(OCCO)cc1. The molecule has 9 heteroatoms. The van der Waals surface area contributed by atoms with E-state index in [2.05, 4.69) is 11.9 Å². The maximum absolute atomic E-state index is 13.9. The van der Waals surface area contributed by atoms with E-state index < -0.39 is 29.8 Å². The molecule has 0 spiro atoms. The molecular weight excluding hydrogens is 448 g/mol. The number of esters is 1. The molecule has 0 saturated heterocycles. The Balaban J connectivity index is 2.02. The van der Waals surface area contributed by atoms with Gasteiger partial charge in [0, 0.05) is 12.1 Å². The molecule has 0 radical (unpaired) electrons. The van der Waals surface area contributed by atoms with Gasteiger partial charge in [-0.15, -0.1) is 0 Å². The van der Waals surface area contributed by atoms with Gasteiger partial charge in [0.25, 0.3) is 0 Å². The first-order chi connectivity index (χ1) is 16.4. The maximum Gasteiger partial charge on any atom is 0.412 e. The van der Waals surface area contributed by atoms with Gasteiger partial charge in [0.1, 0.15) is 36.7 Å². The van der Waals surface area contributed by atoms with Crippen molar-refractivity contribution >= 4 is 17.7 Å². The van der Waals surface area contributed by atoms with Crippen LogP contribution in [0, 0.1) is 11.6 Å². The van der Waals surface area contributed by atoms with Crippen molar-refractivity contribution in [2.45, 2.75) is 25.4 Å². The molecule has 0 bridgehead atoms. The molecule has 0 saturated carbocycles. The number of hydrogen-bond acceptors (Lipinski definition) is 6. The Kier molecular flexibility index (Phi) is 11.3. The van der Waals surface area contributed by atoms with E-state index >= 15 is 0 Å². The molecule has 1 amide bonds. The number of halogens is 2. The number of carbonyl (C=O) groups excluding carboxylic acids is 2. The monoisotopic (exact) mass is 475 g/mol. The third kappa shape index (κ3) is 9.41. The summed E-state index contributed by atoms with van der Waals surface area (Å²) in [7, 11) is 0. The van der Waals surface area contributed by atoms with Crippen molar-refractivity contribution < 1.29 is 37.7 Å². The van der Waals surface area contributed by atoms with Crippen LogP contribution in [0.5, 0.6) is 5.75 Å². The van der Waals surface area contributed by atoms with Gasteiger partial charge in [-0.1, -0.05) is 30.9 Å². The first-order valence-electron chi connectivity index (χ1n) is 10.6. The van der Waals surface area contributed by atoms with Crippen LogP contribution in [0.1, 0.15) is 30.9 Å². The third-order valence-corrected chi connectivity index (χ3v) is 4.46. The van der Waals surface area contributed by atoms with Crippen LogP contribution in [0.3, 0.4) is 0 Å². The number of ether oxygens (including phenoxy) is 3. The zero-order valence-corrected chi connectivity index (χ0v) is 18.5. The lowest BCUT2D eigenvalue weighted by Crippen LogP contribution is -2.18. The minimum Gasteiger partial charge on any atom is -0.491 e. The summed E-state index contributed by atoms with van der Waals surface area (Å²) in [6.07, 6.45) is 4.35. The number of amides is 1. The standard InChI is InChI=1S/C25H27F2NO6/c1-2-15-33-24(30)7-5-3-4-6-23(18-8-11-20(12-9-18)32-16-14-29)34-25(31)28-22-13-10-19(26)17-21(22)27/h2,5,7-13,17,23,29H,1,3-4,6,14-16H2,(H,28,31)/b7-5+/t23-/m1/s1. The number of nitrogens with one attached hydrogen (secondary N) is 1. The molecule has 34 heavy (non-hydrogen) atoms. The minimum absolute atomic E-state index is 0.123. The summed E-state index contributed by atoms with van der Waals surface area (Å²) < 4.78 is 42.6. The lowest BCUT2D eigenvalue weighted by Gasteiger charge is -2.19. The van der Waals surface area contributed by atoms with Crippen LogP contribution in [0.25, 0.3) is 0 Å². The van der Waals surface area contributed by atoms with Crippen LogP contribution in [0.4, 0.5) is 19.3 Å². The Morgan fingerprint density at radius 2 is 1.91 bits per heavy atom. The smallest absolute Gasteiger partial charge is 0.412 e. The molecule has 0 heterocycles. The van der Waals surface area contributed by atoms with Crippen molar-refractivity contribution in [2.75, 3.05) is 25.1 Å². The van der Waals surface area contributed by atoms with Gasteiger partial charge in [-0.3, -0.25) is 5.32 Å². The number of rotatable bonds is 13. The van der Waals surface area contributed by atoms with E-state index in [0.29, 0.717) is 36.6 Å². The van der Waals surface area contributed by atoms with Crippen LogP contribution < -0.4 is 10.1 Å². The normalized spacial score (nSPS) is 11.6. The molecule has 7 nitrogen and oxygen atoms in total. The molecule has 0 aliphatic rings. The van der Waals surface area contributed by atoms with E-state index in [1.165, 1.54) is 12.2 Å². The van der Waals surface area contributed by atoms with Crippen LogP contribution in [0.2, 0.25) is 0 Å². The Hall–Kier alpha value is -3.72. The number of hydrogen-bond donors (Lipinski definition) is 2. The first-order valence-corrected chi connectivity index (χ1v) is 10.6. The number of unbranched alkanes of at least 4 members (excludes halogenated alkanes) is 1. The molecule has 0 aromatic heterocycles. The first kappa shape index (κ1) is 26.5. The van der Waals surface area contributed by atoms with Gasteiger partial charge in [-0.2, -0.15) is 0 Å². The summed E-state index contributed by atoms with van der Waals surface area (Å²) in [6.45, 7) is 3.61. The lowest BCUT2D eigenvalue weighted by atomic mass is 10.0.